The molecule has 0 saturated heterocycles. The molecule has 0 unspecified atom stereocenters. The number of methoxy groups -OCH3 is 2. The second-order valence-corrected chi connectivity index (χ2v) is 10.6. The van der Waals surface area contributed by atoms with Crippen LogP contribution in [0.1, 0.15) is 40.5 Å². The van der Waals surface area contributed by atoms with Crippen molar-refractivity contribution >= 4 is 23.6 Å². The Bertz CT molecular complexity index is 1210. The lowest BCUT2D eigenvalue weighted by Gasteiger charge is -2.30. The normalized spacial score (nSPS) is 31.6. The van der Waals surface area contributed by atoms with Crippen LogP contribution in [0.4, 0.5) is 4.79 Å². The van der Waals surface area contributed by atoms with Crippen LogP contribution >= 0.6 is 0 Å². The number of primary amides is 1. The van der Waals surface area contributed by atoms with Gasteiger partial charge in [0.25, 0.3) is 5.91 Å². The van der Waals surface area contributed by atoms with Gasteiger partial charge in [0.05, 0.1) is 17.5 Å². The third-order valence-electron chi connectivity index (χ3n) is 7.46. The maximum Gasteiger partial charge on any atom is 0.405 e. The summed E-state index contributed by atoms with van der Waals surface area (Å²) in [6.07, 6.45) is 5.89. The van der Waals surface area contributed by atoms with Crippen LogP contribution in [0.5, 0.6) is 0 Å². The molecule has 0 aromatic carbocycles. The summed E-state index contributed by atoms with van der Waals surface area (Å²) in [6.45, 7) is 11.3. The highest BCUT2D eigenvalue weighted by atomic mass is 16.6. The largest absolute Gasteiger partial charge is 0.509 e. The third-order valence-corrected chi connectivity index (χ3v) is 7.46. The standard InChI is InChI=1S/C31H43N3O8/c1-8-12-33-27-21-13-17(2)14-26(41-7)20(5)19(4)15-24(36)29(42-31(32)39)25(40-6)11-9-10-18(3)30(38)34-22(28(21)37)16-23(27)35/h8-11,15-17,19-20,25-26,29,33,36H,1,12-14H2,2-7H3,(H2,32,39)(H,34,38)/b11-9-,18-10+,24-15-/t17-,19+,20-,25+,26+,29+/m1/s1. The van der Waals surface area contributed by atoms with Crippen LogP contribution in [0.3, 0.4) is 0 Å². The van der Waals surface area contributed by atoms with E-state index in [0.29, 0.717) is 6.42 Å². The van der Waals surface area contributed by atoms with Gasteiger partial charge < -0.3 is 35.7 Å². The van der Waals surface area contributed by atoms with Crippen molar-refractivity contribution in [1.29, 1.82) is 0 Å². The Morgan fingerprint density at radius 3 is 2.50 bits per heavy atom. The second kappa shape index (κ2) is 15.9. The van der Waals surface area contributed by atoms with Gasteiger partial charge in [0.15, 0.2) is 6.10 Å². The molecule has 0 radical (unpaired) electrons. The van der Waals surface area contributed by atoms with Crippen LogP contribution in [0.2, 0.25) is 0 Å². The number of ketones is 2. The van der Waals surface area contributed by atoms with E-state index in [1.54, 1.807) is 19.3 Å². The second-order valence-electron chi connectivity index (χ2n) is 10.6. The Balaban J connectivity index is 2.62. The van der Waals surface area contributed by atoms with Crippen molar-refractivity contribution in [3.63, 3.8) is 0 Å². The fourth-order valence-corrected chi connectivity index (χ4v) is 4.89. The minimum atomic E-state index is -1.25. The van der Waals surface area contributed by atoms with Crippen LogP contribution < -0.4 is 16.4 Å². The minimum absolute atomic E-state index is 0.110. The van der Waals surface area contributed by atoms with E-state index in [9.17, 15) is 24.3 Å². The van der Waals surface area contributed by atoms with Crippen LogP contribution in [0, 0.1) is 17.8 Å². The van der Waals surface area contributed by atoms with E-state index >= 15 is 0 Å². The number of carbonyl (C=O) groups excluding carboxylic acids is 4. The van der Waals surface area contributed by atoms with Gasteiger partial charge >= 0.3 is 6.09 Å². The van der Waals surface area contributed by atoms with E-state index in [1.807, 2.05) is 20.8 Å². The first-order valence-electron chi connectivity index (χ1n) is 13.8. The molecular formula is C31H43N3O8. The number of aliphatic hydroxyl groups excluding tert-OH is 1. The molecule has 42 heavy (non-hydrogen) atoms. The quantitative estimate of drug-likeness (QED) is 0.270. The van der Waals surface area contributed by atoms with E-state index < -0.39 is 35.8 Å². The number of hydrogen-bond donors (Lipinski definition) is 4. The number of rotatable bonds is 6. The van der Waals surface area contributed by atoms with Crippen LogP contribution in [0.15, 0.2) is 71.3 Å². The predicted molar refractivity (Wildman–Crippen MR) is 158 cm³/mol. The Kier molecular flexibility index (Phi) is 12.9. The maximum atomic E-state index is 13.6. The molecule has 2 aliphatic rings. The monoisotopic (exact) mass is 585 g/mol. The van der Waals surface area contributed by atoms with Crippen LogP contribution in [-0.4, -0.2) is 67.7 Å². The molecule has 5 N–H and O–H groups in total. The number of hydrogen-bond acceptors (Lipinski definition) is 9. The Labute approximate surface area is 247 Å². The average Bonchev–Trinajstić information content (AvgIpc) is 2.94. The van der Waals surface area contributed by atoms with Crippen molar-refractivity contribution in [2.75, 3.05) is 20.8 Å². The van der Waals surface area contributed by atoms with E-state index in [1.165, 1.54) is 32.3 Å². The molecule has 6 atom stereocenters. The Morgan fingerprint density at radius 2 is 1.90 bits per heavy atom. The van der Waals surface area contributed by atoms with Gasteiger partial charge in [-0.15, -0.1) is 6.58 Å². The zero-order chi connectivity index (χ0) is 31.6. The third kappa shape index (κ3) is 9.02. The summed E-state index contributed by atoms with van der Waals surface area (Å²) in [7, 11) is 2.95. The van der Waals surface area contributed by atoms with Gasteiger partial charge in [0, 0.05) is 38.0 Å². The number of carbonyl (C=O) groups is 4. The molecule has 0 aromatic heterocycles. The van der Waals surface area contributed by atoms with Gasteiger partial charge in [-0.2, -0.15) is 0 Å². The van der Waals surface area contributed by atoms with Crippen molar-refractivity contribution < 1.29 is 38.5 Å². The maximum absolute atomic E-state index is 13.6. The summed E-state index contributed by atoms with van der Waals surface area (Å²) in [5.74, 6) is -2.19. The molecule has 2 rings (SSSR count). The number of ether oxygens (including phenoxy) is 3. The van der Waals surface area contributed by atoms with Gasteiger partial charge in [0.2, 0.25) is 11.6 Å². The lowest BCUT2D eigenvalue weighted by Crippen LogP contribution is -2.36. The van der Waals surface area contributed by atoms with Crippen molar-refractivity contribution in [2.45, 2.75) is 58.8 Å². The van der Waals surface area contributed by atoms with Gasteiger partial charge in [-0.05, 0) is 43.6 Å². The molecule has 1 heterocycles. The van der Waals surface area contributed by atoms with Crippen molar-refractivity contribution in [1.82, 2.24) is 10.6 Å². The van der Waals surface area contributed by atoms with Crippen molar-refractivity contribution in [3.05, 3.63) is 71.3 Å². The lowest BCUT2D eigenvalue weighted by molar-refractivity contribution is -0.120. The fraction of sp³-hybridized carbons (Fsp3) is 0.484. The van der Waals surface area contributed by atoms with Gasteiger partial charge in [-0.25, -0.2) is 4.79 Å². The molecule has 0 spiro atoms. The van der Waals surface area contributed by atoms with Crippen LogP contribution in [-0.2, 0) is 28.6 Å². The number of allylic oxidation sites excluding steroid dienone is 5. The molecule has 2 amide bonds. The van der Waals surface area contributed by atoms with E-state index in [0.717, 1.165) is 6.08 Å². The van der Waals surface area contributed by atoms with Gasteiger partial charge in [-0.3, -0.25) is 14.4 Å². The predicted octanol–water partition coefficient (Wildman–Crippen LogP) is 3.31. The highest BCUT2D eigenvalue weighted by molar-refractivity contribution is 6.23. The molecule has 0 aromatic rings. The number of amides is 2. The molecule has 1 aliphatic heterocycles. The molecule has 2 bridgehead atoms. The summed E-state index contributed by atoms with van der Waals surface area (Å²) in [5, 5.41) is 16.5. The Morgan fingerprint density at radius 1 is 1.21 bits per heavy atom. The number of aliphatic hydroxyl groups is 1. The molecule has 1 aliphatic carbocycles. The Hall–Kier alpha value is -3.96. The smallest absolute Gasteiger partial charge is 0.405 e. The van der Waals surface area contributed by atoms with E-state index in [2.05, 4.69) is 17.2 Å². The van der Waals surface area contributed by atoms with Crippen molar-refractivity contribution in [3.8, 4) is 0 Å². The molecule has 11 heteroatoms. The number of nitrogens with two attached hydrogens (primary N) is 1. The fourth-order valence-electron chi connectivity index (χ4n) is 4.89. The average molecular weight is 586 g/mol. The van der Waals surface area contributed by atoms with Crippen molar-refractivity contribution in [2.24, 2.45) is 23.5 Å². The SMILES string of the molecule is C=CCNC1=C2C[C@@H](C)C[C@H](OC)[C@H](C)[C@@H](C)/C=C(\O)[C@H](OC(N)=O)[C@@H](OC)/C=C\C=C(/C)C(=O)NC(=CC1=O)C2=O. The zero-order valence-corrected chi connectivity index (χ0v) is 25.1. The summed E-state index contributed by atoms with van der Waals surface area (Å²) in [6, 6.07) is 0. The number of Topliss-reactive ketones (excluding diaryl/α,β-unsaturated/α-hetero) is 1. The van der Waals surface area contributed by atoms with E-state index in [4.69, 9.17) is 19.9 Å². The summed E-state index contributed by atoms with van der Waals surface area (Å²) >= 11 is 0. The molecular weight excluding hydrogens is 542 g/mol. The molecule has 230 valence electrons. The molecule has 0 fully saturated rings. The van der Waals surface area contributed by atoms with Gasteiger partial charge in [0.1, 0.15) is 11.9 Å². The first kappa shape index (κ1) is 34.2. The highest BCUT2D eigenvalue weighted by Crippen LogP contribution is 2.30. The first-order valence-corrected chi connectivity index (χ1v) is 13.8. The first-order chi connectivity index (χ1) is 19.8. The number of nitrogens with one attached hydrogen (secondary N) is 2. The van der Waals surface area contributed by atoms with Gasteiger partial charge in [-0.1, -0.05) is 45.1 Å². The summed E-state index contributed by atoms with van der Waals surface area (Å²) in [4.78, 5) is 51.2. The number of fused-ring (bicyclic) bond motifs is 2. The molecule has 11 nitrogen and oxygen atoms in total. The summed E-state index contributed by atoms with van der Waals surface area (Å²) < 4.78 is 16.5. The summed E-state index contributed by atoms with van der Waals surface area (Å²) in [5.41, 5.74) is 5.83. The molecule has 0 saturated carbocycles. The topological polar surface area (TPSA) is 166 Å². The minimum Gasteiger partial charge on any atom is -0.509 e. The van der Waals surface area contributed by atoms with E-state index in [-0.39, 0.29) is 65.1 Å². The highest BCUT2D eigenvalue weighted by Gasteiger charge is 2.33. The zero-order valence-electron chi connectivity index (χ0n) is 25.1. The van der Waals surface area contributed by atoms with Crippen LogP contribution in [0.25, 0.3) is 0 Å². The lowest BCUT2D eigenvalue weighted by atomic mass is 9.82.